The van der Waals surface area contributed by atoms with E-state index in [4.69, 9.17) is 0 Å². The fraction of sp³-hybridized carbons (Fsp3) is 0.350. The normalized spacial score (nSPS) is 18.1. The highest BCUT2D eigenvalue weighted by molar-refractivity contribution is 5.83. The summed E-state index contributed by atoms with van der Waals surface area (Å²) in [6, 6.07) is 14.5. The molecule has 0 aliphatic carbocycles. The summed E-state index contributed by atoms with van der Waals surface area (Å²) in [7, 11) is 0. The molecule has 23 heavy (non-hydrogen) atoms. The molecule has 2 N–H and O–H groups in total. The molecule has 0 bridgehead atoms. The second-order valence-electron chi connectivity index (χ2n) is 6.50. The van der Waals surface area contributed by atoms with Gasteiger partial charge in [0.1, 0.15) is 0 Å². The van der Waals surface area contributed by atoms with Gasteiger partial charge in [-0.2, -0.15) is 0 Å². The van der Waals surface area contributed by atoms with Crippen molar-refractivity contribution in [3.8, 4) is 0 Å². The van der Waals surface area contributed by atoms with Gasteiger partial charge in [0, 0.05) is 6.54 Å². The average molecular weight is 308 g/mol. The number of aryl methyl sites for hydroxylation is 2. The summed E-state index contributed by atoms with van der Waals surface area (Å²) in [5, 5.41) is 6.50. The van der Waals surface area contributed by atoms with E-state index in [0.29, 0.717) is 0 Å². The van der Waals surface area contributed by atoms with Gasteiger partial charge in [0.2, 0.25) is 5.91 Å². The highest BCUT2D eigenvalue weighted by atomic mass is 16.2. The molecule has 2 atom stereocenters. The summed E-state index contributed by atoms with van der Waals surface area (Å²) in [5.74, 6) is 0.0759. The monoisotopic (exact) mass is 308 g/mol. The summed E-state index contributed by atoms with van der Waals surface area (Å²) < 4.78 is 0. The summed E-state index contributed by atoms with van der Waals surface area (Å²) in [6.07, 6.45) is 0.752. The molecule has 0 fully saturated rings. The number of nitrogens with one attached hydrogen (secondary N) is 2. The molecular weight excluding hydrogens is 284 g/mol. The Bertz CT molecular complexity index is 723. The lowest BCUT2D eigenvalue weighted by molar-refractivity contribution is -0.124. The van der Waals surface area contributed by atoms with Gasteiger partial charge in [-0.1, -0.05) is 48.0 Å². The topological polar surface area (TPSA) is 41.1 Å². The van der Waals surface area contributed by atoms with Crippen LogP contribution < -0.4 is 10.6 Å². The number of fused-ring (bicyclic) bond motifs is 1. The lowest BCUT2D eigenvalue weighted by atomic mass is 9.95. The van der Waals surface area contributed by atoms with Crippen molar-refractivity contribution in [1.29, 1.82) is 0 Å². The van der Waals surface area contributed by atoms with Crippen molar-refractivity contribution >= 4 is 5.91 Å². The molecule has 0 aromatic heterocycles. The molecule has 0 saturated carbocycles. The van der Waals surface area contributed by atoms with Gasteiger partial charge in [0.05, 0.1) is 12.1 Å². The highest BCUT2D eigenvalue weighted by Gasteiger charge is 2.25. The van der Waals surface area contributed by atoms with E-state index in [9.17, 15) is 4.79 Å². The Morgan fingerprint density at radius 3 is 2.65 bits per heavy atom. The Morgan fingerprint density at radius 1 is 1.17 bits per heavy atom. The Balaban J connectivity index is 1.68. The van der Waals surface area contributed by atoms with E-state index < -0.39 is 0 Å². The minimum absolute atomic E-state index is 0.0158. The minimum atomic E-state index is -0.155. The van der Waals surface area contributed by atoms with Gasteiger partial charge in [-0.3, -0.25) is 4.79 Å². The van der Waals surface area contributed by atoms with E-state index >= 15 is 0 Å². The van der Waals surface area contributed by atoms with E-state index in [-0.39, 0.29) is 18.0 Å². The van der Waals surface area contributed by atoms with Gasteiger partial charge >= 0.3 is 0 Å². The van der Waals surface area contributed by atoms with E-state index in [0.717, 1.165) is 13.0 Å². The van der Waals surface area contributed by atoms with Crippen molar-refractivity contribution in [3.63, 3.8) is 0 Å². The van der Waals surface area contributed by atoms with E-state index in [1.165, 1.54) is 27.8 Å². The number of hydrogen-bond donors (Lipinski definition) is 2. The van der Waals surface area contributed by atoms with Gasteiger partial charge in [-0.05, 0) is 49.4 Å². The summed E-state index contributed by atoms with van der Waals surface area (Å²) >= 11 is 0. The van der Waals surface area contributed by atoms with Crippen LogP contribution in [0.5, 0.6) is 0 Å². The zero-order chi connectivity index (χ0) is 16.4. The van der Waals surface area contributed by atoms with Crippen molar-refractivity contribution < 1.29 is 4.79 Å². The van der Waals surface area contributed by atoms with Crippen molar-refractivity contribution in [2.24, 2.45) is 0 Å². The van der Waals surface area contributed by atoms with Crippen LogP contribution in [0.3, 0.4) is 0 Å². The van der Waals surface area contributed by atoms with Gasteiger partial charge in [0.15, 0.2) is 0 Å². The lowest BCUT2D eigenvalue weighted by Gasteiger charge is -2.27. The molecule has 0 radical (unpaired) electrons. The molecule has 1 aliphatic rings. The maximum Gasteiger partial charge on any atom is 0.237 e. The second-order valence-corrected chi connectivity index (χ2v) is 6.50. The molecular formula is C20H24N2O. The maximum absolute atomic E-state index is 12.6. The second kappa shape index (κ2) is 6.55. The third-order valence-electron chi connectivity index (χ3n) is 4.65. The largest absolute Gasteiger partial charge is 0.348 e. The fourth-order valence-electron chi connectivity index (χ4n) is 3.34. The number of hydrogen-bond acceptors (Lipinski definition) is 2. The van der Waals surface area contributed by atoms with Crippen LogP contribution in [0.25, 0.3) is 0 Å². The Hall–Kier alpha value is -2.13. The van der Waals surface area contributed by atoms with E-state index in [1.54, 1.807) is 0 Å². The first-order valence-electron chi connectivity index (χ1n) is 8.22. The molecule has 0 spiro atoms. The molecule has 2 aromatic rings. The van der Waals surface area contributed by atoms with Gasteiger partial charge < -0.3 is 10.6 Å². The first-order valence-corrected chi connectivity index (χ1v) is 8.22. The molecule has 1 amide bonds. The zero-order valence-corrected chi connectivity index (χ0v) is 14.0. The maximum atomic E-state index is 12.6. The Morgan fingerprint density at radius 2 is 1.91 bits per heavy atom. The van der Waals surface area contributed by atoms with Crippen LogP contribution in [-0.4, -0.2) is 11.9 Å². The standard InChI is InChI=1S/C20H24N2O/c1-13-8-9-18(14(2)10-13)15(3)22-20(23)19-11-16-6-4-5-7-17(16)12-21-19/h4-10,15,19,21H,11-12H2,1-3H3,(H,22,23). The first kappa shape index (κ1) is 15.8. The number of carbonyl (C=O) groups excluding carboxylic acids is 1. The smallest absolute Gasteiger partial charge is 0.237 e. The summed E-state index contributed by atoms with van der Waals surface area (Å²) in [5.41, 5.74) is 6.21. The summed E-state index contributed by atoms with van der Waals surface area (Å²) in [6.45, 7) is 6.99. The molecule has 3 heteroatoms. The number of amides is 1. The van der Waals surface area contributed by atoms with Crippen LogP contribution in [0, 0.1) is 13.8 Å². The first-order chi connectivity index (χ1) is 11.0. The SMILES string of the molecule is Cc1ccc(C(C)NC(=O)C2Cc3ccccc3CN2)c(C)c1. The van der Waals surface area contributed by atoms with Crippen LogP contribution in [-0.2, 0) is 17.8 Å². The molecule has 1 aliphatic heterocycles. The van der Waals surface area contributed by atoms with Crippen LogP contribution in [0.15, 0.2) is 42.5 Å². The Labute approximate surface area is 138 Å². The minimum Gasteiger partial charge on any atom is -0.348 e. The zero-order valence-electron chi connectivity index (χ0n) is 14.0. The quantitative estimate of drug-likeness (QED) is 0.914. The predicted molar refractivity (Wildman–Crippen MR) is 93.2 cm³/mol. The number of carbonyl (C=O) groups is 1. The fourth-order valence-corrected chi connectivity index (χ4v) is 3.34. The molecule has 120 valence electrons. The van der Waals surface area contributed by atoms with Crippen LogP contribution >= 0.6 is 0 Å². The van der Waals surface area contributed by atoms with Crippen LogP contribution in [0.2, 0.25) is 0 Å². The molecule has 3 rings (SSSR count). The average Bonchev–Trinajstić information content (AvgIpc) is 2.54. The van der Waals surface area contributed by atoms with Crippen molar-refractivity contribution in [3.05, 3.63) is 70.3 Å². The van der Waals surface area contributed by atoms with Crippen molar-refractivity contribution in [2.75, 3.05) is 0 Å². The highest BCUT2D eigenvalue weighted by Crippen LogP contribution is 2.20. The van der Waals surface area contributed by atoms with Gasteiger partial charge in [0.25, 0.3) is 0 Å². The Kier molecular flexibility index (Phi) is 4.49. The summed E-state index contributed by atoms with van der Waals surface area (Å²) in [4.78, 5) is 12.6. The third-order valence-corrected chi connectivity index (χ3v) is 4.65. The molecule has 0 saturated heterocycles. The third kappa shape index (κ3) is 3.45. The molecule has 3 nitrogen and oxygen atoms in total. The van der Waals surface area contributed by atoms with E-state index in [2.05, 4.69) is 54.8 Å². The predicted octanol–water partition coefficient (Wildman–Crippen LogP) is 3.20. The van der Waals surface area contributed by atoms with Gasteiger partial charge in [-0.25, -0.2) is 0 Å². The molecule has 2 unspecified atom stereocenters. The van der Waals surface area contributed by atoms with Crippen molar-refractivity contribution in [2.45, 2.75) is 45.8 Å². The molecule has 2 aromatic carbocycles. The van der Waals surface area contributed by atoms with E-state index in [1.807, 2.05) is 19.1 Å². The van der Waals surface area contributed by atoms with Crippen LogP contribution in [0.4, 0.5) is 0 Å². The van der Waals surface area contributed by atoms with Gasteiger partial charge in [-0.15, -0.1) is 0 Å². The number of rotatable bonds is 3. The van der Waals surface area contributed by atoms with Crippen LogP contribution in [0.1, 0.15) is 40.8 Å². The number of benzene rings is 2. The lowest BCUT2D eigenvalue weighted by Crippen LogP contribution is -2.48. The molecule has 1 heterocycles. The van der Waals surface area contributed by atoms with Crippen molar-refractivity contribution in [1.82, 2.24) is 10.6 Å².